The summed E-state index contributed by atoms with van der Waals surface area (Å²) in [4.78, 5) is 16.2. The van der Waals surface area contributed by atoms with Gasteiger partial charge in [-0.05, 0) is 0 Å². The van der Waals surface area contributed by atoms with Gasteiger partial charge < -0.3 is 30.6 Å². The van der Waals surface area contributed by atoms with Crippen LogP contribution in [0, 0.1) is 0 Å². The molecule has 0 atom stereocenters. The summed E-state index contributed by atoms with van der Waals surface area (Å²) in [6, 6.07) is -6.50. The molecule has 24 heavy (non-hydrogen) atoms. The molecule has 2 aromatic heterocycles. The van der Waals surface area contributed by atoms with Gasteiger partial charge in [0, 0.05) is 0 Å². The molecule has 0 aliphatic rings. The van der Waals surface area contributed by atoms with Gasteiger partial charge in [-0.15, -0.1) is 0 Å². The second-order valence-corrected chi connectivity index (χ2v) is 2.37. The molecule has 2 rings (SSSR count). The van der Waals surface area contributed by atoms with E-state index in [2.05, 4.69) is 29.9 Å². The van der Waals surface area contributed by atoms with Crippen molar-refractivity contribution < 1.29 is 252 Å². The Bertz CT molecular complexity index is 425. The molecule has 2 aromatic rings. The molecule has 0 aromatic carbocycles. The Kier molecular flexibility index (Phi) is 40.8. The first kappa shape index (κ1) is 42.1. The molecule has 0 aliphatic heterocycles. The monoisotopic (exact) mass is 690 g/mol. The Hall–Kier alpha value is 3.95. The van der Waals surface area contributed by atoms with Crippen LogP contribution in [0.25, 0.3) is 0 Å². The summed E-state index contributed by atoms with van der Waals surface area (Å²) in [6.07, 6.45) is 0. The van der Waals surface area contributed by atoms with E-state index in [9.17, 15) is 30.6 Å². The molecule has 0 unspecified atom stereocenters. The molecule has 0 aliphatic carbocycles. The van der Waals surface area contributed by atoms with E-state index < -0.39 is 36.1 Å². The van der Waals surface area contributed by atoms with E-state index in [1.54, 1.807) is 0 Å². The van der Waals surface area contributed by atoms with E-state index in [0.717, 1.165) is 0 Å². The van der Waals surface area contributed by atoms with E-state index in [1.807, 2.05) is 0 Å². The number of nitrogens with zero attached hydrogens (tertiary/aromatic N) is 6. The molecule has 2 heterocycles. The fourth-order valence-corrected chi connectivity index (χ4v) is 0.641. The second-order valence-electron chi connectivity index (χ2n) is 2.37. The Balaban J connectivity index is -0.0000000540. The molecule has 0 saturated carbocycles. The minimum atomic E-state index is -1.08. The van der Waals surface area contributed by atoms with Gasteiger partial charge in [-0.25, -0.2) is 29.9 Å². The molecular weight excluding hydrogens is 693 g/mol. The smallest absolute Gasteiger partial charge is 0.844 e. The van der Waals surface area contributed by atoms with Crippen molar-refractivity contribution in [3.8, 4) is 36.1 Å². The normalized spacial score (nSPS) is 7.00. The van der Waals surface area contributed by atoms with Crippen LogP contribution in [0.3, 0.4) is 0 Å². The molecule has 18 heteroatoms. The standard InChI is InChI=1S/2C3H3N3O3.3Ag.3K/c2*7-1-4-2(8)6-3(9)5-1;;;;;;/h2*(H3,4,5,6,7,8,9);;;;;;/q;;6*+1/p-6. The fourth-order valence-electron chi connectivity index (χ4n) is 0.641. The topological polar surface area (TPSA) is 216 Å². The summed E-state index contributed by atoms with van der Waals surface area (Å²) in [6.45, 7) is 0. The zero-order chi connectivity index (χ0) is 13.7. The molecule has 0 bridgehead atoms. The van der Waals surface area contributed by atoms with Crippen LogP contribution in [0.15, 0.2) is 0 Å². The van der Waals surface area contributed by atoms with Gasteiger partial charge in [0.15, 0.2) is 0 Å². The minimum Gasteiger partial charge on any atom is -0.844 e. The van der Waals surface area contributed by atoms with Gasteiger partial charge in [0.2, 0.25) is 0 Å². The molecular formula is C6Ag3K3N6O6. The SMILES string of the molecule is [Ag+].[Ag+].[Ag+].[K+].[K+].[K+].[O-]c1nc([O-])nc([O-])n1.[O-]c1nc([O-])nc([O-])n1. The summed E-state index contributed by atoms with van der Waals surface area (Å²) in [5.74, 6) is 0. The quantitative estimate of drug-likeness (QED) is 0.235. The van der Waals surface area contributed by atoms with Crippen LogP contribution in [-0.4, -0.2) is 29.9 Å². The Labute approximate surface area is 309 Å². The third-order valence-electron chi connectivity index (χ3n) is 1.15. The second kappa shape index (κ2) is 23.2. The average molecular weight is 693 g/mol. The van der Waals surface area contributed by atoms with Crippen LogP contribution < -0.4 is 185 Å². The molecule has 126 valence electrons. The van der Waals surface area contributed by atoms with Crippen molar-refractivity contribution in [3.63, 3.8) is 0 Å². The van der Waals surface area contributed by atoms with Crippen LogP contribution in [-0.2, 0) is 67.1 Å². The Morgan fingerprint density at radius 2 is 0.417 bits per heavy atom. The first-order valence-electron chi connectivity index (χ1n) is 3.91. The van der Waals surface area contributed by atoms with Crippen molar-refractivity contribution >= 4 is 0 Å². The number of rotatable bonds is 0. The average Bonchev–Trinajstić information content (AvgIpc) is 2.12. The predicted molar refractivity (Wildman–Crippen MR) is 36.3 cm³/mol. The maximum Gasteiger partial charge on any atom is 1.00 e. The third kappa shape index (κ3) is 20.7. The summed E-state index contributed by atoms with van der Waals surface area (Å²) in [5.41, 5.74) is 0. The first-order valence-corrected chi connectivity index (χ1v) is 3.91. The van der Waals surface area contributed by atoms with Gasteiger partial charge in [-0.2, -0.15) is 0 Å². The Morgan fingerprint density at radius 1 is 0.333 bits per heavy atom. The summed E-state index contributed by atoms with van der Waals surface area (Å²) in [5, 5.41) is 60.3. The summed E-state index contributed by atoms with van der Waals surface area (Å²) < 4.78 is 0. The largest absolute Gasteiger partial charge is 1.00 e. The van der Waals surface area contributed by atoms with Gasteiger partial charge in [0.25, 0.3) is 0 Å². The van der Waals surface area contributed by atoms with Crippen molar-refractivity contribution in [1.82, 2.24) is 29.9 Å². The molecule has 0 N–H and O–H groups in total. The van der Waals surface area contributed by atoms with Crippen LogP contribution in [0.2, 0.25) is 0 Å². The number of hydrogen-bond acceptors (Lipinski definition) is 12. The van der Waals surface area contributed by atoms with E-state index in [-0.39, 0.29) is 221 Å². The van der Waals surface area contributed by atoms with E-state index in [1.165, 1.54) is 0 Å². The summed E-state index contributed by atoms with van der Waals surface area (Å²) in [7, 11) is 0. The van der Waals surface area contributed by atoms with Crippen LogP contribution in [0.1, 0.15) is 0 Å². The zero-order valence-electron chi connectivity index (χ0n) is 12.0. The predicted octanol–water partition coefficient (Wildman–Crippen LogP) is -14.8. The zero-order valence-corrected chi connectivity index (χ0v) is 25.9. The van der Waals surface area contributed by atoms with Crippen LogP contribution >= 0.6 is 0 Å². The van der Waals surface area contributed by atoms with Gasteiger partial charge in [0.05, 0.1) is 36.1 Å². The summed E-state index contributed by atoms with van der Waals surface area (Å²) >= 11 is 0. The first-order chi connectivity index (χ1) is 8.36. The molecule has 0 spiro atoms. The van der Waals surface area contributed by atoms with Gasteiger partial charge in [-0.1, -0.05) is 0 Å². The van der Waals surface area contributed by atoms with Crippen LogP contribution in [0.5, 0.6) is 36.1 Å². The molecule has 0 amide bonds. The molecule has 0 radical (unpaired) electrons. The number of hydrogen-bond donors (Lipinski definition) is 0. The van der Waals surface area contributed by atoms with Crippen molar-refractivity contribution in [3.05, 3.63) is 0 Å². The van der Waals surface area contributed by atoms with Gasteiger partial charge in [-0.3, -0.25) is 0 Å². The Morgan fingerprint density at radius 3 is 0.500 bits per heavy atom. The molecule has 0 saturated heterocycles. The van der Waals surface area contributed by atoms with Crippen LogP contribution in [0.4, 0.5) is 0 Å². The maximum absolute atomic E-state index is 10.0. The molecule has 12 nitrogen and oxygen atoms in total. The van der Waals surface area contributed by atoms with E-state index >= 15 is 0 Å². The fraction of sp³-hybridized carbons (Fsp3) is 0. The van der Waals surface area contributed by atoms with Crippen molar-refractivity contribution in [2.24, 2.45) is 0 Å². The van der Waals surface area contributed by atoms with Crippen molar-refractivity contribution in [1.29, 1.82) is 0 Å². The van der Waals surface area contributed by atoms with Gasteiger partial charge >= 0.3 is 221 Å². The van der Waals surface area contributed by atoms with E-state index in [0.29, 0.717) is 0 Å². The minimum absolute atomic E-state index is 0. The van der Waals surface area contributed by atoms with Crippen molar-refractivity contribution in [2.45, 2.75) is 0 Å². The number of aromatic nitrogens is 6. The maximum atomic E-state index is 10.0. The molecule has 0 fully saturated rings. The van der Waals surface area contributed by atoms with Gasteiger partial charge in [0.1, 0.15) is 0 Å². The third-order valence-corrected chi connectivity index (χ3v) is 1.15. The van der Waals surface area contributed by atoms with Crippen molar-refractivity contribution in [2.75, 3.05) is 0 Å². The van der Waals surface area contributed by atoms with E-state index in [4.69, 9.17) is 0 Å².